The first kappa shape index (κ1) is 27.1. The molecule has 4 saturated carbocycles. The number of carbonyl (C=O) groups excluding carboxylic acids is 3. The number of esters is 1. The summed E-state index contributed by atoms with van der Waals surface area (Å²) in [6, 6.07) is 9.23. The van der Waals surface area contributed by atoms with Crippen LogP contribution in [0.2, 0.25) is 0 Å². The van der Waals surface area contributed by atoms with Gasteiger partial charge in [-0.3, -0.25) is 9.59 Å². The Kier molecular flexibility index (Phi) is 7.24. The van der Waals surface area contributed by atoms with Gasteiger partial charge in [0, 0.05) is 31.3 Å². The fourth-order valence-electron chi connectivity index (χ4n) is 9.78. The number of fused-ring (bicyclic) bond motifs is 5. The largest absolute Gasteiger partial charge is 0.458 e. The van der Waals surface area contributed by atoms with E-state index < -0.39 is 0 Å². The highest BCUT2D eigenvalue weighted by Gasteiger charge is 2.67. The van der Waals surface area contributed by atoms with Gasteiger partial charge in [-0.05, 0) is 99.0 Å². The Morgan fingerprint density at radius 3 is 2.51 bits per heavy atom. The SMILES string of the molecule is CC(=O)C1CCC2C3C(OC4CCCCO4)C[C@@H]4CC(=O)CCC4(C)C3C(OC(=O)c3ccccc3)CC12C. The van der Waals surface area contributed by atoms with E-state index in [4.69, 9.17) is 14.2 Å². The highest BCUT2D eigenvalue weighted by atomic mass is 16.7. The first-order chi connectivity index (χ1) is 18.7. The second kappa shape index (κ2) is 10.4. The Balaban J connectivity index is 1.42. The highest BCUT2D eigenvalue weighted by molar-refractivity contribution is 5.89. The molecule has 9 unspecified atom stereocenters. The third kappa shape index (κ3) is 4.69. The zero-order chi connectivity index (χ0) is 27.4. The van der Waals surface area contributed by atoms with Crippen LogP contribution < -0.4 is 0 Å². The summed E-state index contributed by atoms with van der Waals surface area (Å²) < 4.78 is 19.4. The molecule has 0 bridgehead atoms. The predicted octanol–water partition coefficient (Wildman–Crippen LogP) is 6.16. The molecule has 39 heavy (non-hydrogen) atoms. The van der Waals surface area contributed by atoms with E-state index in [-0.39, 0.29) is 64.8 Å². The van der Waals surface area contributed by atoms with Gasteiger partial charge in [0.25, 0.3) is 0 Å². The molecular formula is C33H44O6. The average molecular weight is 537 g/mol. The molecule has 0 spiro atoms. The number of ether oxygens (including phenoxy) is 3. The molecule has 212 valence electrons. The molecule has 6 nitrogen and oxygen atoms in total. The van der Waals surface area contributed by atoms with Gasteiger partial charge >= 0.3 is 5.97 Å². The van der Waals surface area contributed by atoms with Crippen molar-refractivity contribution in [3.63, 3.8) is 0 Å². The maximum absolute atomic E-state index is 13.5. The lowest BCUT2D eigenvalue weighted by Crippen LogP contribution is -2.64. The number of rotatable bonds is 5. The Labute approximate surface area is 232 Å². The van der Waals surface area contributed by atoms with E-state index in [9.17, 15) is 14.4 Å². The van der Waals surface area contributed by atoms with E-state index in [0.29, 0.717) is 36.5 Å². The lowest BCUT2D eigenvalue weighted by atomic mass is 9.43. The van der Waals surface area contributed by atoms with Gasteiger partial charge in [-0.15, -0.1) is 0 Å². The third-order valence-electron chi connectivity index (χ3n) is 11.6. The first-order valence-corrected chi connectivity index (χ1v) is 15.3. The van der Waals surface area contributed by atoms with Crippen molar-refractivity contribution in [2.75, 3.05) is 6.61 Å². The van der Waals surface area contributed by atoms with E-state index in [1.54, 1.807) is 19.1 Å². The van der Waals surface area contributed by atoms with Crippen LogP contribution in [-0.2, 0) is 23.8 Å². The number of ketones is 2. The van der Waals surface area contributed by atoms with Gasteiger partial charge in [-0.2, -0.15) is 0 Å². The van der Waals surface area contributed by atoms with Gasteiger partial charge in [-0.1, -0.05) is 32.0 Å². The number of hydrogen-bond acceptors (Lipinski definition) is 6. The maximum atomic E-state index is 13.5. The first-order valence-electron chi connectivity index (χ1n) is 15.3. The minimum Gasteiger partial charge on any atom is -0.458 e. The van der Waals surface area contributed by atoms with E-state index in [0.717, 1.165) is 51.6 Å². The zero-order valence-corrected chi connectivity index (χ0v) is 23.7. The summed E-state index contributed by atoms with van der Waals surface area (Å²) in [5.74, 6) is 0.974. The van der Waals surface area contributed by atoms with Crippen molar-refractivity contribution in [3.8, 4) is 0 Å². The minimum atomic E-state index is -0.330. The summed E-state index contributed by atoms with van der Waals surface area (Å²) in [6.07, 6.45) is 7.78. The molecule has 0 aromatic heterocycles. The molecule has 0 N–H and O–H groups in total. The summed E-state index contributed by atoms with van der Waals surface area (Å²) in [5, 5.41) is 0. The molecule has 1 heterocycles. The molecule has 5 fully saturated rings. The van der Waals surface area contributed by atoms with E-state index in [1.807, 2.05) is 18.2 Å². The third-order valence-corrected chi connectivity index (χ3v) is 11.6. The molecule has 6 heteroatoms. The molecule has 1 aliphatic heterocycles. The van der Waals surface area contributed by atoms with Crippen LogP contribution in [0.15, 0.2) is 30.3 Å². The summed E-state index contributed by atoms with van der Waals surface area (Å²) in [6.45, 7) is 7.06. The molecule has 1 aromatic carbocycles. The maximum Gasteiger partial charge on any atom is 0.338 e. The normalized spacial score (nSPS) is 43.6. The standard InChI is InChI=1S/C33H44O6/c1-20(34)24-12-13-25-29-26(38-28-11-7-8-16-37-28)18-22-17-23(35)14-15-32(22,2)30(29)27(19-33(24,25)3)39-31(36)21-9-5-4-6-10-21/h4-6,9-10,22,24-30H,7-8,11-19H2,1-3H3/t22-,24?,25?,26?,27?,28?,29?,30?,32?,33?/m0/s1. The molecule has 1 aromatic rings. The zero-order valence-electron chi connectivity index (χ0n) is 23.7. The van der Waals surface area contributed by atoms with Crippen LogP contribution in [0.5, 0.6) is 0 Å². The van der Waals surface area contributed by atoms with Gasteiger partial charge in [-0.25, -0.2) is 4.79 Å². The number of Topliss-reactive ketones (excluding diaryl/α,β-unsaturated/α-hetero) is 2. The van der Waals surface area contributed by atoms with Crippen LogP contribution in [0, 0.1) is 40.4 Å². The van der Waals surface area contributed by atoms with Crippen LogP contribution in [-0.4, -0.2) is 42.6 Å². The topological polar surface area (TPSA) is 78.9 Å². The van der Waals surface area contributed by atoms with E-state index in [1.165, 1.54) is 0 Å². The molecule has 0 radical (unpaired) electrons. The van der Waals surface area contributed by atoms with Gasteiger partial charge in [0.05, 0.1) is 11.7 Å². The van der Waals surface area contributed by atoms with Crippen LogP contribution in [0.25, 0.3) is 0 Å². The fraction of sp³-hybridized carbons (Fsp3) is 0.727. The molecule has 10 atom stereocenters. The number of benzene rings is 1. The average Bonchev–Trinajstić information content (AvgIpc) is 3.27. The quantitative estimate of drug-likeness (QED) is 0.331. The van der Waals surface area contributed by atoms with Crippen molar-refractivity contribution in [3.05, 3.63) is 35.9 Å². The molecule has 4 aliphatic carbocycles. The molecule has 5 aliphatic rings. The van der Waals surface area contributed by atoms with Gasteiger partial charge in [0.1, 0.15) is 17.7 Å². The van der Waals surface area contributed by atoms with Crippen LogP contribution in [0.4, 0.5) is 0 Å². The monoisotopic (exact) mass is 536 g/mol. The van der Waals surface area contributed by atoms with Crippen molar-refractivity contribution < 1.29 is 28.6 Å². The Hall–Kier alpha value is -2.05. The highest BCUT2D eigenvalue weighted by Crippen LogP contribution is 2.68. The molecule has 6 rings (SSSR count). The summed E-state index contributed by atoms with van der Waals surface area (Å²) in [7, 11) is 0. The van der Waals surface area contributed by atoms with Gasteiger partial charge in [0.15, 0.2) is 6.29 Å². The van der Waals surface area contributed by atoms with Crippen LogP contribution in [0.1, 0.15) is 95.3 Å². The minimum absolute atomic E-state index is 0.0357. The Morgan fingerprint density at radius 2 is 1.79 bits per heavy atom. The second-order valence-corrected chi connectivity index (χ2v) is 13.6. The van der Waals surface area contributed by atoms with Crippen LogP contribution >= 0.6 is 0 Å². The van der Waals surface area contributed by atoms with Gasteiger partial charge < -0.3 is 14.2 Å². The van der Waals surface area contributed by atoms with Crippen molar-refractivity contribution in [2.24, 2.45) is 40.4 Å². The van der Waals surface area contributed by atoms with Crippen molar-refractivity contribution >= 4 is 17.5 Å². The Morgan fingerprint density at radius 1 is 1.00 bits per heavy atom. The lowest BCUT2D eigenvalue weighted by Gasteiger charge is -2.64. The summed E-state index contributed by atoms with van der Waals surface area (Å²) >= 11 is 0. The predicted molar refractivity (Wildman–Crippen MR) is 146 cm³/mol. The van der Waals surface area contributed by atoms with Crippen molar-refractivity contribution in [2.45, 2.75) is 103 Å². The number of hydrogen-bond donors (Lipinski definition) is 0. The lowest BCUT2D eigenvalue weighted by molar-refractivity contribution is -0.261. The van der Waals surface area contributed by atoms with E-state index in [2.05, 4.69) is 13.8 Å². The van der Waals surface area contributed by atoms with Gasteiger partial charge in [0.2, 0.25) is 0 Å². The summed E-state index contributed by atoms with van der Waals surface area (Å²) in [4.78, 5) is 39.2. The van der Waals surface area contributed by atoms with E-state index >= 15 is 0 Å². The van der Waals surface area contributed by atoms with Crippen molar-refractivity contribution in [1.29, 1.82) is 0 Å². The second-order valence-electron chi connectivity index (χ2n) is 13.6. The molecule has 1 saturated heterocycles. The number of carbonyl (C=O) groups is 3. The molecule has 0 amide bonds. The van der Waals surface area contributed by atoms with Crippen LogP contribution in [0.3, 0.4) is 0 Å². The summed E-state index contributed by atoms with van der Waals surface area (Å²) in [5.41, 5.74) is 0.177. The smallest absolute Gasteiger partial charge is 0.338 e. The van der Waals surface area contributed by atoms with Crippen molar-refractivity contribution in [1.82, 2.24) is 0 Å². The Bertz CT molecular complexity index is 1090. The molecular weight excluding hydrogens is 492 g/mol. The fourth-order valence-corrected chi connectivity index (χ4v) is 9.78.